The molecule has 0 heterocycles. The Labute approximate surface area is 99.3 Å². The Bertz CT molecular complexity index is 356. The molecule has 0 amide bonds. The molecule has 1 aromatic rings. The minimum absolute atomic E-state index is 0.700. The monoisotopic (exact) mass is 217 g/mol. The first-order valence-corrected chi connectivity index (χ1v) is 6.55. The fourth-order valence-electron chi connectivity index (χ4n) is 2.82. The molecule has 0 saturated heterocycles. The first kappa shape index (κ1) is 11.5. The Morgan fingerprint density at radius 2 is 2.06 bits per heavy atom. The van der Waals surface area contributed by atoms with Crippen molar-refractivity contribution in [3.05, 3.63) is 29.3 Å². The molecule has 2 unspecified atom stereocenters. The predicted molar refractivity (Wildman–Crippen MR) is 71.0 cm³/mol. The maximum absolute atomic E-state index is 3.75. The second-order valence-corrected chi connectivity index (χ2v) is 5.10. The van der Waals surface area contributed by atoms with Crippen LogP contribution in [-0.2, 0) is 0 Å². The highest BCUT2D eigenvalue weighted by molar-refractivity contribution is 5.54. The average molecular weight is 217 g/mol. The van der Waals surface area contributed by atoms with Gasteiger partial charge in [0.2, 0.25) is 0 Å². The summed E-state index contributed by atoms with van der Waals surface area (Å²) in [6, 6.07) is 7.26. The molecule has 1 nitrogen and oxygen atoms in total. The van der Waals surface area contributed by atoms with Crippen LogP contribution in [0.4, 0.5) is 5.69 Å². The van der Waals surface area contributed by atoms with Crippen molar-refractivity contribution in [1.82, 2.24) is 0 Å². The molecule has 88 valence electrons. The van der Waals surface area contributed by atoms with E-state index in [1.54, 1.807) is 0 Å². The van der Waals surface area contributed by atoms with Gasteiger partial charge >= 0.3 is 0 Å². The van der Waals surface area contributed by atoms with Crippen LogP contribution in [0.1, 0.15) is 43.7 Å². The number of rotatable bonds is 3. The summed E-state index contributed by atoms with van der Waals surface area (Å²) < 4.78 is 0. The average Bonchev–Trinajstić information content (AvgIpc) is 2.72. The molecule has 16 heavy (non-hydrogen) atoms. The van der Waals surface area contributed by atoms with E-state index in [9.17, 15) is 0 Å². The highest BCUT2D eigenvalue weighted by Crippen LogP contribution is 2.31. The highest BCUT2D eigenvalue weighted by Gasteiger charge is 2.25. The van der Waals surface area contributed by atoms with Crippen molar-refractivity contribution < 1.29 is 0 Å². The van der Waals surface area contributed by atoms with Crippen molar-refractivity contribution in [1.29, 1.82) is 0 Å². The normalized spacial score (nSPS) is 24.7. The fraction of sp³-hybridized carbons (Fsp3) is 0.600. The number of anilines is 1. The SMILES string of the molecule is CCC1CCCC1Nc1cccc(C)c1C. The number of aryl methyl sites for hydroxylation is 1. The molecule has 1 saturated carbocycles. The van der Waals surface area contributed by atoms with Gasteiger partial charge in [0.25, 0.3) is 0 Å². The van der Waals surface area contributed by atoms with Gasteiger partial charge in [-0.05, 0) is 49.8 Å². The highest BCUT2D eigenvalue weighted by atomic mass is 14.9. The van der Waals surface area contributed by atoms with E-state index in [1.165, 1.54) is 42.5 Å². The van der Waals surface area contributed by atoms with Crippen LogP contribution in [0.5, 0.6) is 0 Å². The summed E-state index contributed by atoms with van der Waals surface area (Å²) in [5, 5.41) is 3.75. The zero-order valence-electron chi connectivity index (χ0n) is 10.7. The Morgan fingerprint density at radius 3 is 2.81 bits per heavy atom. The van der Waals surface area contributed by atoms with Crippen molar-refractivity contribution in [3.8, 4) is 0 Å². The first-order valence-electron chi connectivity index (χ1n) is 6.55. The lowest BCUT2D eigenvalue weighted by molar-refractivity contribution is 0.489. The molecular weight excluding hydrogens is 194 g/mol. The molecule has 1 aliphatic rings. The number of hydrogen-bond acceptors (Lipinski definition) is 1. The van der Waals surface area contributed by atoms with Crippen molar-refractivity contribution >= 4 is 5.69 Å². The van der Waals surface area contributed by atoms with E-state index in [4.69, 9.17) is 0 Å². The van der Waals surface area contributed by atoms with Crippen LogP contribution in [0.25, 0.3) is 0 Å². The lowest BCUT2D eigenvalue weighted by atomic mass is 9.99. The van der Waals surface area contributed by atoms with Gasteiger partial charge < -0.3 is 5.32 Å². The third-order valence-electron chi connectivity index (χ3n) is 4.13. The predicted octanol–water partition coefficient (Wildman–Crippen LogP) is 4.29. The minimum atomic E-state index is 0.700. The van der Waals surface area contributed by atoms with Gasteiger partial charge in [-0.3, -0.25) is 0 Å². The van der Waals surface area contributed by atoms with Gasteiger partial charge in [-0.1, -0.05) is 31.9 Å². The molecule has 0 radical (unpaired) electrons. The molecule has 2 atom stereocenters. The Morgan fingerprint density at radius 1 is 1.25 bits per heavy atom. The Kier molecular flexibility index (Phi) is 3.52. The molecule has 2 rings (SSSR count). The van der Waals surface area contributed by atoms with E-state index in [-0.39, 0.29) is 0 Å². The van der Waals surface area contributed by atoms with E-state index < -0.39 is 0 Å². The maximum atomic E-state index is 3.75. The van der Waals surface area contributed by atoms with E-state index in [0.717, 1.165) is 5.92 Å². The molecule has 1 heteroatoms. The van der Waals surface area contributed by atoms with Crippen LogP contribution in [0, 0.1) is 19.8 Å². The summed E-state index contributed by atoms with van der Waals surface area (Å²) in [4.78, 5) is 0. The van der Waals surface area contributed by atoms with Crippen LogP contribution in [0.15, 0.2) is 18.2 Å². The topological polar surface area (TPSA) is 12.0 Å². The lowest BCUT2D eigenvalue weighted by Gasteiger charge is -2.22. The van der Waals surface area contributed by atoms with Crippen molar-refractivity contribution in [2.75, 3.05) is 5.32 Å². The standard InChI is InChI=1S/C15H23N/c1-4-13-8-6-10-15(13)16-14-9-5-7-11(2)12(14)3/h5,7,9,13,15-16H,4,6,8,10H2,1-3H3. The van der Waals surface area contributed by atoms with Gasteiger partial charge in [-0.15, -0.1) is 0 Å². The Balaban J connectivity index is 2.11. The molecule has 0 bridgehead atoms. The zero-order valence-corrected chi connectivity index (χ0v) is 10.7. The fourth-order valence-corrected chi connectivity index (χ4v) is 2.82. The quantitative estimate of drug-likeness (QED) is 0.796. The molecule has 1 aliphatic carbocycles. The third-order valence-corrected chi connectivity index (χ3v) is 4.13. The van der Waals surface area contributed by atoms with Gasteiger partial charge in [0, 0.05) is 11.7 Å². The summed E-state index contributed by atoms with van der Waals surface area (Å²) >= 11 is 0. The zero-order chi connectivity index (χ0) is 11.5. The van der Waals surface area contributed by atoms with E-state index in [1.807, 2.05) is 0 Å². The summed E-state index contributed by atoms with van der Waals surface area (Å²) in [6.07, 6.45) is 5.44. The van der Waals surface area contributed by atoms with Gasteiger partial charge in [0.15, 0.2) is 0 Å². The first-order chi connectivity index (χ1) is 7.72. The van der Waals surface area contributed by atoms with Gasteiger partial charge in [0.1, 0.15) is 0 Å². The maximum Gasteiger partial charge on any atom is 0.0374 e. The molecular formula is C15H23N. The summed E-state index contributed by atoms with van der Waals surface area (Å²) in [5.74, 6) is 0.875. The molecule has 0 aromatic heterocycles. The third kappa shape index (κ3) is 2.23. The number of nitrogens with one attached hydrogen (secondary N) is 1. The van der Waals surface area contributed by atoms with Gasteiger partial charge in [-0.2, -0.15) is 0 Å². The van der Waals surface area contributed by atoms with E-state index in [0.29, 0.717) is 6.04 Å². The summed E-state index contributed by atoms with van der Waals surface area (Å²) in [7, 11) is 0. The molecule has 0 spiro atoms. The second-order valence-electron chi connectivity index (χ2n) is 5.10. The van der Waals surface area contributed by atoms with Crippen molar-refractivity contribution in [2.24, 2.45) is 5.92 Å². The molecule has 1 N–H and O–H groups in total. The summed E-state index contributed by atoms with van der Waals surface area (Å²) in [6.45, 7) is 6.72. The smallest absolute Gasteiger partial charge is 0.0374 e. The van der Waals surface area contributed by atoms with Crippen LogP contribution >= 0.6 is 0 Å². The van der Waals surface area contributed by atoms with E-state index >= 15 is 0 Å². The second kappa shape index (κ2) is 4.90. The molecule has 1 aromatic carbocycles. The van der Waals surface area contributed by atoms with Gasteiger partial charge in [0.05, 0.1) is 0 Å². The van der Waals surface area contributed by atoms with Crippen molar-refractivity contribution in [2.45, 2.75) is 52.5 Å². The number of hydrogen-bond donors (Lipinski definition) is 1. The van der Waals surface area contributed by atoms with Crippen LogP contribution < -0.4 is 5.32 Å². The Hall–Kier alpha value is -0.980. The van der Waals surface area contributed by atoms with Crippen LogP contribution in [0.3, 0.4) is 0 Å². The molecule has 0 aliphatic heterocycles. The van der Waals surface area contributed by atoms with Crippen LogP contribution in [-0.4, -0.2) is 6.04 Å². The minimum Gasteiger partial charge on any atom is -0.382 e. The van der Waals surface area contributed by atoms with E-state index in [2.05, 4.69) is 44.3 Å². The lowest BCUT2D eigenvalue weighted by Crippen LogP contribution is -2.23. The van der Waals surface area contributed by atoms with Gasteiger partial charge in [-0.25, -0.2) is 0 Å². The van der Waals surface area contributed by atoms with Crippen LogP contribution in [0.2, 0.25) is 0 Å². The summed E-state index contributed by atoms with van der Waals surface area (Å²) in [5.41, 5.74) is 4.13. The van der Waals surface area contributed by atoms with Crippen molar-refractivity contribution in [3.63, 3.8) is 0 Å². The molecule has 1 fully saturated rings. The number of benzene rings is 1. The largest absolute Gasteiger partial charge is 0.382 e.